The number of hydrogen-bond donors (Lipinski definition) is 0. The lowest BCUT2D eigenvalue weighted by Gasteiger charge is -2.17. The molecule has 148 valence electrons. The molecule has 2 heterocycles. The number of anilines is 1. The number of halogens is 3. The second kappa shape index (κ2) is 7.20. The van der Waals surface area contributed by atoms with E-state index in [4.69, 9.17) is 0 Å². The highest BCUT2D eigenvalue weighted by atomic mass is 19.3. The summed E-state index contributed by atoms with van der Waals surface area (Å²) in [6.45, 7) is 0.995. The van der Waals surface area contributed by atoms with E-state index in [1.54, 1.807) is 19.1 Å². The number of carbonyl (C=O) groups is 2. The molecule has 0 saturated heterocycles. The van der Waals surface area contributed by atoms with E-state index in [0.29, 0.717) is 23.2 Å². The number of amides is 2. The van der Waals surface area contributed by atoms with Gasteiger partial charge in [0.1, 0.15) is 18.2 Å². The molecule has 0 radical (unpaired) electrons. The number of carbonyl (C=O) groups excluding carboxylic acids is 2. The van der Waals surface area contributed by atoms with E-state index in [0.717, 1.165) is 9.58 Å². The predicted molar refractivity (Wildman–Crippen MR) is 101 cm³/mol. The molecule has 0 atom stereocenters. The van der Waals surface area contributed by atoms with Crippen LogP contribution in [-0.2, 0) is 13.0 Å². The molecular formula is C21H16F3N3O2. The molecule has 0 N–H and O–H groups in total. The molecule has 0 spiro atoms. The lowest BCUT2D eigenvalue weighted by Crippen LogP contribution is -2.33. The fraction of sp³-hybridized carbons (Fsp3) is 0.190. The summed E-state index contributed by atoms with van der Waals surface area (Å²) < 4.78 is 40.8. The van der Waals surface area contributed by atoms with Crippen LogP contribution in [0.4, 0.5) is 19.0 Å². The van der Waals surface area contributed by atoms with Gasteiger partial charge in [0.25, 0.3) is 18.2 Å². The van der Waals surface area contributed by atoms with Crippen molar-refractivity contribution in [2.45, 2.75) is 26.3 Å². The van der Waals surface area contributed by atoms with Gasteiger partial charge in [0.2, 0.25) is 0 Å². The van der Waals surface area contributed by atoms with Crippen molar-refractivity contribution >= 4 is 17.6 Å². The summed E-state index contributed by atoms with van der Waals surface area (Å²) in [5, 5.41) is 4.27. The number of alkyl halides is 2. The maximum absolute atomic E-state index is 13.3. The van der Waals surface area contributed by atoms with Crippen molar-refractivity contribution in [3.05, 3.63) is 71.0 Å². The van der Waals surface area contributed by atoms with Gasteiger partial charge in [-0.15, -0.1) is 0 Å². The van der Waals surface area contributed by atoms with E-state index in [2.05, 4.69) is 5.10 Å². The lowest BCUT2D eigenvalue weighted by molar-refractivity contribution is 0.0915. The normalized spacial score (nSPS) is 13.5. The Morgan fingerprint density at radius 2 is 1.55 bits per heavy atom. The Morgan fingerprint density at radius 1 is 0.966 bits per heavy atom. The van der Waals surface area contributed by atoms with E-state index in [9.17, 15) is 22.8 Å². The van der Waals surface area contributed by atoms with E-state index < -0.39 is 30.6 Å². The standard InChI is InChI=1S/C21H16F3N3O2/c1-2-14-18(12-7-9-13(22)10-8-12)25-26(11-17(23)24)19(14)27-20(28)15-5-3-4-6-16(15)21(27)29/h3-10,17H,2,11H2,1H3. The van der Waals surface area contributed by atoms with E-state index >= 15 is 0 Å². The van der Waals surface area contributed by atoms with Gasteiger partial charge in [0.05, 0.1) is 16.8 Å². The third-order valence-corrected chi connectivity index (χ3v) is 4.81. The molecule has 1 aliphatic rings. The summed E-state index contributed by atoms with van der Waals surface area (Å²) in [7, 11) is 0. The van der Waals surface area contributed by atoms with Crippen molar-refractivity contribution < 1.29 is 22.8 Å². The molecule has 2 amide bonds. The van der Waals surface area contributed by atoms with Gasteiger partial charge in [-0.3, -0.25) is 9.59 Å². The molecule has 2 aromatic carbocycles. The summed E-state index contributed by atoms with van der Waals surface area (Å²) in [6.07, 6.45) is -2.41. The molecule has 5 nitrogen and oxygen atoms in total. The molecule has 0 fully saturated rings. The Morgan fingerprint density at radius 3 is 2.07 bits per heavy atom. The molecule has 0 bridgehead atoms. The molecule has 3 aromatic rings. The zero-order chi connectivity index (χ0) is 20.7. The minimum absolute atomic E-state index is 0.0262. The highest BCUT2D eigenvalue weighted by Gasteiger charge is 2.40. The zero-order valence-corrected chi connectivity index (χ0v) is 15.4. The van der Waals surface area contributed by atoms with Crippen molar-refractivity contribution in [1.82, 2.24) is 9.78 Å². The maximum atomic E-state index is 13.3. The largest absolute Gasteiger partial charge is 0.268 e. The number of imide groups is 1. The average molecular weight is 399 g/mol. The van der Waals surface area contributed by atoms with Crippen LogP contribution < -0.4 is 4.90 Å². The van der Waals surface area contributed by atoms with Crippen molar-refractivity contribution in [1.29, 1.82) is 0 Å². The van der Waals surface area contributed by atoms with E-state index in [1.807, 2.05) is 0 Å². The number of fused-ring (bicyclic) bond motifs is 1. The molecule has 29 heavy (non-hydrogen) atoms. The first-order valence-corrected chi connectivity index (χ1v) is 9.04. The fourth-order valence-electron chi connectivity index (χ4n) is 3.55. The van der Waals surface area contributed by atoms with Crippen LogP contribution >= 0.6 is 0 Å². The van der Waals surface area contributed by atoms with Crippen LogP contribution in [0.5, 0.6) is 0 Å². The number of benzene rings is 2. The summed E-state index contributed by atoms with van der Waals surface area (Å²) >= 11 is 0. The first-order valence-electron chi connectivity index (χ1n) is 9.04. The van der Waals surface area contributed by atoms with Crippen molar-refractivity contribution in [2.24, 2.45) is 0 Å². The van der Waals surface area contributed by atoms with Crippen molar-refractivity contribution in [2.75, 3.05) is 4.90 Å². The smallest absolute Gasteiger partial charge is 0.267 e. The van der Waals surface area contributed by atoms with Gasteiger partial charge in [0.15, 0.2) is 0 Å². The minimum atomic E-state index is -2.74. The Labute approximate surface area is 164 Å². The number of nitrogens with zero attached hydrogens (tertiary/aromatic N) is 3. The zero-order valence-electron chi connectivity index (χ0n) is 15.4. The molecule has 1 aromatic heterocycles. The fourth-order valence-corrected chi connectivity index (χ4v) is 3.55. The predicted octanol–water partition coefficient (Wildman–Crippen LogP) is 4.32. The van der Waals surface area contributed by atoms with Gasteiger partial charge < -0.3 is 0 Å². The van der Waals surface area contributed by atoms with Gasteiger partial charge in [-0.25, -0.2) is 22.8 Å². The first-order chi connectivity index (χ1) is 13.9. The number of aromatic nitrogens is 2. The quantitative estimate of drug-likeness (QED) is 0.601. The van der Waals surface area contributed by atoms with Crippen molar-refractivity contribution in [3.8, 4) is 11.3 Å². The highest BCUT2D eigenvalue weighted by Crippen LogP contribution is 2.36. The van der Waals surface area contributed by atoms with Gasteiger partial charge in [-0.1, -0.05) is 19.1 Å². The lowest BCUT2D eigenvalue weighted by atomic mass is 10.1. The first kappa shape index (κ1) is 18.9. The third-order valence-electron chi connectivity index (χ3n) is 4.81. The summed E-state index contributed by atoms with van der Waals surface area (Å²) in [6, 6.07) is 11.8. The third kappa shape index (κ3) is 3.10. The van der Waals surface area contributed by atoms with Crippen LogP contribution in [0.25, 0.3) is 11.3 Å². The average Bonchev–Trinajstić information content (AvgIpc) is 3.17. The number of hydrogen-bond acceptors (Lipinski definition) is 3. The Kier molecular flexibility index (Phi) is 4.70. The Balaban J connectivity index is 1.91. The Hall–Kier alpha value is -3.42. The van der Waals surface area contributed by atoms with Crippen LogP contribution in [0.3, 0.4) is 0 Å². The van der Waals surface area contributed by atoms with Crippen LogP contribution in [0.1, 0.15) is 33.2 Å². The van der Waals surface area contributed by atoms with E-state index in [-0.39, 0.29) is 16.9 Å². The van der Waals surface area contributed by atoms with Crippen LogP contribution in [0.2, 0.25) is 0 Å². The molecule has 0 saturated carbocycles. The molecular weight excluding hydrogens is 383 g/mol. The van der Waals surface area contributed by atoms with Crippen molar-refractivity contribution in [3.63, 3.8) is 0 Å². The van der Waals surface area contributed by atoms with Crippen LogP contribution in [0.15, 0.2) is 48.5 Å². The molecule has 0 unspecified atom stereocenters. The monoisotopic (exact) mass is 399 g/mol. The second-order valence-corrected chi connectivity index (χ2v) is 6.58. The summed E-state index contributed by atoms with van der Waals surface area (Å²) in [5.74, 6) is -1.58. The minimum Gasteiger partial charge on any atom is -0.268 e. The SMILES string of the molecule is CCc1c(-c2ccc(F)cc2)nn(CC(F)F)c1N1C(=O)c2ccccc2C1=O. The summed E-state index contributed by atoms with van der Waals surface area (Å²) in [4.78, 5) is 26.8. The van der Waals surface area contributed by atoms with Crippen LogP contribution in [0, 0.1) is 5.82 Å². The number of rotatable bonds is 5. The van der Waals surface area contributed by atoms with Gasteiger partial charge in [-0.2, -0.15) is 5.10 Å². The summed E-state index contributed by atoms with van der Waals surface area (Å²) in [5.41, 5.74) is 1.74. The highest BCUT2D eigenvalue weighted by molar-refractivity contribution is 6.34. The van der Waals surface area contributed by atoms with Gasteiger partial charge in [0, 0.05) is 11.1 Å². The Bertz CT molecular complexity index is 1070. The van der Waals surface area contributed by atoms with Crippen LogP contribution in [-0.4, -0.2) is 28.0 Å². The van der Waals surface area contributed by atoms with E-state index in [1.165, 1.54) is 36.4 Å². The molecule has 0 aliphatic carbocycles. The molecule has 4 rings (SSSR count). The topological polar surface area (TPSA) is 55.2 Å². The molecule has 8 heteroatoms. The maximum Gasteiger partial charge on any atom is 0.267 e. The van der Waals surface area contributed by atoms with Gasteiger partial charge in [-0.05, 0) is 42.8 Å². The molecule has 1 aliphatic heterocycles. The van der Waals surface area contributed by atoms with Gasteiger partial charge >= 0.3 is 0 Å². The second-order valence-electron chi connectivity index (χ2n) is 6.58.